The molecule has 32 heteroatoms. The third-order valence-electron chi connectivity index (χ3n) is 16.7. The number of aryl methyl sites for hydroxylation is 4. The van der Waals surface area contributed by atoms with E-state index < -0.39 is 83.3 Å². The van der Waals surface area contributed by atoms with E-state index in [0.717, 1.165) is 36.4 Å². The normalized spacial score (nSPS) is 15.9. The number of hydrogen-bond donors (Lipinski definition) is 4. The fraction of sp³-hybridized carbons (Fsp3) is 0.178. The minimum absolute atomic E-state index is 0.000336. The van der Waals surface area contributed by atoms with Crippen molar-refractivity contribution in [1.82, 2.24) is 39.9 Å². The number of carbonyl (C=O) groups is 4. The summed E-state index contributed by atoms with van der Waals surface area (Å²) in [6.07, 6.45) is -8.10. The van der Waals surface area contributed by atoms with E-state index in [1.807, 2.05) is 0 Å². The second-order valence-corrected chi connectivity index (χ2v) is 24.0. The Morgan fingerprint density at radius 2 is 0.648 bits per heavy atom. The third-order valence-corrected chi connectivity index (χ3v) is 16.7. The van der Waals surface area contributed by atoms with Gasteiger partial charge in [-0.05, 0) is 135 Å². The summed E-state index contributed by atoms with van der Waals surface area (Å²) in [4.78, 5) is 82.4. The van der Waals surface area contributed by atoms with E-state index in [1.54, 1.807) is 94.4 Å². The van der Waals surface area contributed by atoms with E-state index in [4.69, 9.17) is 59.6 Å². The molecular formula is C73H54F8N12O12. The summed E-state index contributed by atoms with van der Waals surface area (Å²) < 4.78 is 152. The Bertz CT molecular complexity index is 5450. The number of esters is 4. The maximum atomic E-state index is 14.0. The van der Waals surface area contributed by atoms with Crippen LogP contribution in [-0.2, 0) is 50.8 Å². The molecule has 12 aromatic rings. The van der Waals surface area contributed by atoms with Crippen LogP contribution in [0.2, 0.25) is 0 Å². The minimum Gasteiger partial charge on any atom is -0.460 e. The Labute approximate surface area is 587 Å². The van der Waals surface area contributed by atoms with Gasteiger partial charge in [0.2, 0.25) is 23.8 Å². The highest BCUT2D eigenvalue weighted by molar-refractivity contribution is 6.02. The molecule has 0 radical (unpaired) electrons. The van der Waals surface area contributed by atoms with E-state index in [-0.39, 0.29) is 134 Å². The van der Waals surface area contributed by atoms with Crippen LogP contribution in [0.25, 0.3) is 45.8 Å². The first-order chi connectivity index (χ1) is 50.1. The first-order valence-electron chi connectivity index (χ1n) is 31.7. The first kappa shape index (κ1) is 70.3. The number of nitrogens with zero attached hydrogens (tertiary/aromatic N) is 8. The third kappa shape index (κ3) is 14.7. The monoisotopic (exact) mass is 1440 g/mol. The average Bonchev–Trinajstić information content (AvgIpc) is 1.64. The zero-order valence-electron chi connectivity index (χ0n) is 55.1. The second-order valence-electron chi connectivity index (χ2n) is 24.0. The second kappa shape index (κ2) is 28.3. The molecule has 0 aliphatic carbocycles. The molecular weight excluding hydrogens is 1390 g/mol. The van der Waals surface area contributed by atoms with Gasteiger partial charge in [-0.1, -0.05) is 42.5 Å². The summed E-state index contributed by atoms with van der Waals surface area (Å²) in [5.41, 5.74) is 25.4. The zero-order chi connectivity index (χ0) is 74.4. The van der Waals surface area contributed by atoms with Crippen LogP contribution >= 0.6 is 0 Å². The SMILES string of the molecule is Cc1ccc(-c2nc(N)nc3c2C(=O)OC3Cc2cc(F)ccc2F)o1.Cc1ccc(-c2nc(N)nc3c2C(=O)OC3Cc2ccc(F)cc2F)o1.Cc1ccc(-c2nc(N)nc3c2C(=O)OC3Cc2ccccc2C(F)(F)F)o1.Cc1ccc(-c2nc(N)nc3c2C(=O)OC3Cc2ccccc2F)o1. The topological polar surface area (TPSA) is 365 Å². The molecule has 534 valence electrons. The molecule has 16 rings (SSSR count). The van der Waals surface area contributed by atoms with Crippen molar-refractivity contribution in [2.75, 3.05) is 22.9 Å². The lowest BCUT2D eigenvalue weighted by molar-refractivity contribution is -0.138. The predicted molar refractivity (Wildman–Crippen MR) is 354 cm³/mol. The van der Waals surface area contributed by atoms with Crippen molar-refractivity contribution in [3.63, 3.8) is 0 Å². The average molecular weight is 1440 g/mol. The number of ether oxygens (including phenoxy) is 4. The van der Waals surface area contributed by atoms with Crippen LogP contribution in [0, 0.1) is 56.8 Å². The number of furan rings is 4. The molecule has 0 fully saturated rings. The summed E-state index contributed by atoms with van der Waals surface area (Å²) in [6.45, 7) is 7.02. The van der Waals surface area contributed by atoms with Gasteiger partial charge in [-0.15, -0.1) is 0 Å². The molecule has 0 saturated heterocycles. The quantitative estimate of drug-likeness (QED) is 0.0501. The number of rotatable bonds is 12. The van der Waals surface area contributed by atoms with Crippen LogP contribution in [0.1, 0.15) is 139 Å². The fourth-order valence-corrected chi connectivity index (χ4v) is 12.0. The highest BCUT2D eigenvalue weighted by Gasteiger charge is 2.43. The van der Waals surface area contributed by atoms with Gasteiger partial charge in [0, 0.05) is 31.7 Å². The van der Waals surface area contributed by atoms with Crippen LogP contribution < -0.4 is 22.9 Å². The van der Waals surface area contributed by atoms with E-state index in [0.29, 0.717) is 57.3 Å². The maximum absolute atomic E-state index is 14.0. The lowest BCUT2D eigenvalue weighted by Crippen LogP contribution is -2.13. The summed E-state index contributed by atoms with van der Waals surface area (Å²) in [5, 5.41) is 0. The Morgan fingerprint density at radius 1 is 0.343 bits per heavy atom. The van der Waals surface area contributed by atoms with Crippen LogP contribution in [0.5, 0.6) is 0 Å². The number of halogens is 8. The molecule has 0 bridgehead atoms. The predicted octanol–water partition coefficient (Wildman–Crippen LogP) is 14.0. The summed E-state index contributed by atoms with van der Waals surface area (Å²) in [5.74, 6) is -1.84. The van der Waals surface area contributed by atoms with E-state index in [2.05, 4.69) is 39.9 Å². The van der Waals surface area contributed by atoms with E-state index in [9.17, 15) is 54.3 Å². The van der Waals surface area contributed by atoms with Crippen molar-refractivity contribution >= 4 is 47.7 Å². The van der Waals surface area contributed by atoms with Crippen LogP contribution in [0.15, 0.2) is 151 Å². The number of fused-ring (bicyclic) bond motifs is 4. The number of hydrogen-bond acceptors (Lipinski definition) is 24. The van der Waals surface area contributed by atoms with Gasteiger partial charge in [0.1, 0.15) is 144 Å². The lowest BCUT2D eigenvalue weighted by Gasteiger charge is -2.15. The van der Waals surface area contributed by atoms with Crippen LogP contribution in [0.4, 0.5) is 58.9 Å². The maximum Gasteiger partial charge on any atom is 0.416 e. The van der Waals surface area contributed by atoms with Crippen LogP contribution in [0.3, 0.4) is 0 Å². The number of cyclic esters (lactones) is 4. The number of alkyl halides is 3. The zero-order valence-corrected chi connectivity index (χ0v) is 55.1. The van der Waals surface area contributed by atoms with Crippen molar-refractivity contribution in [2.45, 2.75) is 84.0 Å². The van der Waals surface area contributed by atoms with Gasteiger partial charge in [-0.2, -0.15) is 13.2 Å². The first-order valence-corrected chi connectivity index (χ1v) is 31.7. The lowest BCUT2D eigenvalue weighted by atomic mass is 9.98. The van der Waals surface area contributed by atoms with Gasteiger partial charge in [0.15, 0.2) is 23.0 Å². The highest BCUT2D eigenvalue weighted by atomic mass is 19.4. The largest absolute Gasteiger partial charge is 0.460 e. The van der Waals surface area contributed by atoms with Crippen molar-refractivity contribution in [3.05, 3.63) is 258 Å². The van der Waals surface area contributed by atoms with E-state index in [1.165, 1.54) is 30.3 Å². The molecule has 4 unspecified atom stereocenters. The molecule has 24 nitrogen and oxygen atoms in total. The van der Waals surface area contributed by atoms with E-state index >= 15 is 0 Å². The summed E-state index contributed by atoms with van der Waals surface area (Å²) in [6, 6.07) is 31.3. The van der Waals surface area contributed by atoms with Gasteiger partial charge in [0.05, 0.1) is 5.56 Å². The van der Waals surface area contributed by atoms with Gasteiger partial charge in [-0.25, -0.2) is 81.0 Å². The highest BCUT2D eigenvalue weighted by Crippen LogP contribution is 2.44. The Kier molecular flexibility index (Phi) is 19.0. The fourth-order valence-electron chi connectivity index (χ4n) is 12.0. The Morgan fingerprint density at radius 3 is 0.990 bits per heavy atom. The number of anilines is 4. The van der Waals surface area contributed by atoms with Crippen molar-refractivity contribution in [3.8, 4) is 45.8 Å². The Balaban J connectivity index is 0.000000124. The molecule has 0 saturated carbocycles. The van der Waals surface area contributed by atoms with Gasteiger partial charge < -0.3 is 59.6 Å². The standard InChI is InChI=1S/C19H14F3N3O3.2C18H13F2N3O3.C18H14FN3O3/c1-9-6-7-12(27-9)15-14-16(25-18(23)24-15)13(28-17(14)26)8-10-4-2-3-5-11(10)19(20,21)22;1-8-2-5-12(25-8)15-14-16(23-18(21)22-15)13(26-17(14)24)7-9-6-10(19)3-4-11(9)20;1-8-2-5-12(25-8)15-14-16(23-18(21)22-15)13(26-17(14)24)6-9-3-4-10(19)7-11(9)20;1-9-6-7-12(24-9)15-14-16(22-18(20)21-15)13(25-17(14)23)8-10-4-2-3-5-11(10)19/h2-7,13H,8H2,1H3,(H2,23,24,25);2-6,13H,7H2,1H3,(H2,21,22,23);2-5,7,13H,6H2,1H3,(H2,21,22,23);2-7,13H,8H2,1H3,(H2,20,21,22). The molecule has 0 spiro atoms. The Hall–Kier alpha value is -13.2. The molecule has 12 heterocycles. The molecule has 4 aliphatic rings. The molecule has 8 N–H and O–H groups in total. The smallest absolute Gasteiger partial charge is 0.416 e. The van der Waals surface area contributed by atoms with Crippen LogP contribution in [-0.4, -0.2) is 63.7 Å². The number of nitrogens with two attached hydrogens (primary N) is 4. The minimum atomic E-state index is -4.52. The number of carbonyl (C=O) groups excluding carboxylic acids is 4. The number of aromatic nitrogens is 8. The van der Waals surface area contributed by atoms with Crippen molar-refractivity contribution in [1.29, 1.82) is 0 Å². The summed E-state index contributed by atoms with van der Waals surface area (Å²) in [7, 11) is 0. The summed E-state index contributed by atoms with van der Waals surface area (Å²) >= 11 is 0. The van der Waals surface area contributed by atoms with Gasteiger partial charge in [-0.3, -0.25) is 0 Å². The molecule has 0 amide bonds. The molecule has 4 aliphatic heterocycles. The van der Waals surface area contributed by atoms with Gasteiger partial charge >= 0.3 is 30.1 Å². The molecule has 4 aromatic carbocycles. The number of benzene rings is 4. The molecule has 4 atom stereocenters. The molecule has 8 aromatic heterocycles. The molecule has 105 heavy (non-hydrogen) atoms. The van der Waals surface area contributed by atoms with Crippen molar-refractivity contribution < 1.29 is 90.9 Å². The van der Waals surface area contributed by atoms with Gasteiger partial charge in [0.25, 0.3) is 0 Å². The number of nitrogen functional groups attached to an aromatic ring is 4. The van der Waals surface area contributed by atoms with Crippen molar-refractivity contribution in [2.24, 2.45) is 0 Å².